The van der Waals surface area contributed by atoms with Crippen molar-refractivity contribution in [2.75, 3.05) is 11.9 Å². The zero-order valence-electron chi connectivity index (χ0n) is 13.7. The molecule has 4 unspecified atom stereocenters. The van der Waals surface area contributed by atoms with E-state index in [1.807, 2.05) is 19.2 Å². The number of hydrogen-bond acceptors (Lipinski definition) is 2. The van der Waals surface area contributed by atoms with E-state index >= 15 is 0 Å². The largest absolute Gasteiger partial charge is 0.327 e. The summed E-state index contributed by atoms with van der Waals surface area (Å²) in [5.74, 6) is 1.82. The number of hydrogen-bond donors (Lipinski definition) is 1. The monoisotopic (exact) mass is 322 g/mol. The molecule has 2 fully saturated rings. The number of nitrogens with two attached hydrogens (primary N) is 1. The van der Waals surface area contributed by atoms with E-state index in [-0.39, 0.29) is 30.3 Å². The standard InChI is InChI=1S/C18H26N2O.ClH/c1-11(2)12-6-8-15(9-7-12)20(3)18(21)16-13-4-5-14(10-13)17(16)19;/h6-9,11,13-14,16-17H,4-5,10,19H2,1-3H3;1H. The van der Waals surface area contributed by atoms with E-state index in [9.17, 15) is 4.79 Å². The molecule has 4 heteroatoms. The average Bonchev–Trinajstić information content (AvgIpc) is 3.07. The third-order valence-corrected chi connectivity index (χ3v) is 5.54. The molecule has 1 aromatic rings. The highest BCUT2D eigenvalue weighted by atomic mass is 35.5. The van der Waals surface area contributed by atoms with Crippen LogP contribution in [-0.2, 0) is 4.79 Å². The quantitative estimate of drug-likeness (QED) is 0.924. The van der Waals surface area contributed by atoms with Gasteiger partial charge in [-0.3, -0.25) is 4.79 Å². The van der Waals surface area contributed by atoms with Gasteiger partial charge in [-0.25, -0.2) is 0 Å². The van der Waals surface area contributed by atoms with Crippen LogP contribution < -0.4 is 10.6 Å². The first-order chi connectivity index (χ1) is 9.99. The number of benzene rings is 1. The van der Waals surface area contributed by atoms with Crippen molar-refractivity contribution in [1.82, 2.24) is 0 Å². The summed E-state index contributed by atoms with van der Waals surface area (Å²) in [6.07, 6.45) is 3.54. The first kappa shape index (κ1) is 17.3. The van der Waals surface area contributed by atoms with Crippen LogP contribution in [0.25, 0.3) is 0 Å². The summed E-state index contributed by atoms with van der Waals surface area (Å²) in [5.41, 5.74) is 8.57. The van der Waals surface area contributed by atoms with Crippen LogP contribution in [0.2, 0.25) is 0 Å². The lowest BCUT2D eigenvalue weighted by atomic mass is 9.84. The van der Waals surface area contributed by atoms with Crippen LogP contribution in [0.5, 0.6) is 0 Å². The Hall–Kier alpha value is -1.06. The molecule has 0 spiro atoms. The van der Waals surface area contributed by atoms with E-state index < -0.39 is 0 Å². The van der Waals surface area contributed by atoms with Crippen LogP contribution in [0, 0.1) is 17.8 Å². The van der Waals surface area contributed by atoms with Crippen LogP contribution in [0.3, 0.4) is 0 Å². The SMILES string of the molecule is CC(C)c1ccc(N(C)C(=O)C2C3CCC(C3)C2N)cc1.Cl. The highest BCUT2D eigenvalue weighted by Crippen LogP contribution is 2.48. The Morgan fingerprint density at radius 2 is 1.77 bits per heavy atom. The molecule has 4 atom stereocenters. The number of anilines is 1. The Morgan fingerprint density at radius 1 is 1.18 bits per heavy atom. The Labute approximate surface area is 139 Å². The molecule has 2 saturated carbocycles. The number of carbonyl (C=O) groups excluding carboxylic acids is 1. The van der Waals surface area contributed by atoms with E-state index in [1.165, 1.54) is 18.4 Å². The topological polar surface area (TPSA) is 46.3 Å². The number of amides is 1. The van der Waals surface area contributed by atoms with Crippen LogP contribution in [0.15, 0.2) is 24.3 Å². The molecule has 0 saturated heterocycles. The molecule has 1 aromatic carbocycles. The van der Waals surface area contributed by atoms with Gasteiger partial charge in [-0.05, 0) is 54.7 Å². The van der Waals surface area contributed by atoms with Gasteiger partial charge in [-0.15, -0.1) is 12.4 Å². The van der Waals surface area contributed by atoms with Crippen LogP contribution in [-0.4, -0.2) is 19.0 Å². The van der Waals surface area contributed by atoms with Gasteiger partial charge in [0, 0.05) is 18.8 Å². The zero-order chi connectivity index (χ0) is 15.1. The normalized spacial score (nSPS) is 29.5. The van der Waals surface area contributed by atoms with E-state index in [2.05, 4.69) is 26.0 Å². The Bertz CT molecular complexity index is 526. The van der Waals surface area contributed by atoms with Gasteiger partial charge in [0.15, 0.2) is 0 Å². The zero-order valence-corrected chi connectivity index (χ0v) is 14.5. The Balaban J connectivity index is 0.00000176. The number of fused-ring (bicyclic) bond motifs is 2. The molecule has 0 radical (unpaired) electrons. The first-order valence-electron chi connectivity index (χ1n) is 8.12. The molecule has 0 heterocycles. The van der Waals surface area contributed by atoms with Crippen molar-refractivity contribution in [3.05, 3.63) is 29.8 Å². The van der Waals surface area contributed by atoms with Crippen molar-refractivity contribution in [1.29, 1.82) is 0 Å². The molecular formula is C18H27ClN2O. The van der Waals surface area contributed by atoms with Crippen molar-refractivity contribution in [3.8, 4) is 0 Å². The predicted molar refractivity (Wildman–Crippen MR) is 93.5 cm³/mol. The average molecular weight is 323 g/mol. The third-order valence-electron chi connectivity index (χ3n) is 5.54. The van der Waals surface area contributed by atoms with Gasteiger partial charge in [0.05, 0.1) is 5.92 Å². The fourth-order valence-corrected chi connectivity index (χ4v) is 4.14. The lowest BCUT2D eigenvalue weighted by Gasteiger charge is -2.31. The third kappa shape index (κ3) is 2.89. The Morgan fingerprint density at radius 3 is 2.27 bits per heavy atom. The summed E-state index contributed by atoms with van der Waals surface area (Å²) in [4.78, 5) is 14.6. The van der Waals surface area contributed by atoms with Gasteiger partial charge in [0.1, 0.15) is 0 Å². The van der Waals surface area contributed by atoms with Gasteiger partial charge in [-0.2, -0.15) is 0 Å². The number of nitrogens with zero attached hydrogens (tertiary/aromatic N) is 1. The van der Waals surface area contributed by atoms with Crippen molar-refractivity contribution in [3.63, 3.8) is 0 Å². The van der Waals surface area contributed by atoms with Crippen LogP contribution in [0.1, 0.15) is 44.6 Å². The van der Waals surface area contributed by atoms with Gasteiger partial charge in [-0.1, -0.05) is 26.0 Å². The van der Waals surface area contributed by atoms with Crippen molar-refractivity contribution >= 4 is 24.0 Å². The van der Waals surface area contributed by atoms with Crippen LogP contribution in [0.4, 0.5) is 5.69 Å². The van der Waals surface area contributed by atoms with Gasteiger partial charge in [0.2, 0.25) is 5.91 Å². The molecule has 2 N–H and O–H groups in total. The summed E-state index contributed by atoms with van der Waals surface area (Å²) in [5, 5.41) is 0. The van der Waals surface area contributed by atoms with E-state index in [1.54, 1.807) is 4.90 Å². The molecule has 1 amide bonds. The van der Waals surface area contributed by atoms with E-state index in [0.29, 0.717) is 17.8 Å². The summed E-state index contributed by atoms with van der Waals surface area (Å²) >= 11 is 0. The number of carbonyl (C=O) groups is 1. The summed E-state index contributed by atoms with van der Waals surface area (Å²) in [7, 11) is 1.88. The minimum absolute atomic E-state index is 0. The van der Waals surface area contributed by atoms with Gasteiger partial charge >= 0.3 is 0 Å². The molecular weight excluding hydrogens is 296 g/mol. The number of halogens is 1. The van der Waals surface area contributed by atoms with Crippen LogP contribution >= 0.6 is 12.4 Å². The van der Waals surface area contributed by atoms with Crippen molar-refractivity contribution < 1.29 is 4.79 Å². The molecule has 22 heavy (non-hydrogen) atoms. The second-order valence-corrected chi connectivity index (χ2v) is 7.08. The minimum Gasteiger partial charge on any atom is -0.327 e. The van der Waals surface area contributed by atoms with Crippen molar-refractivity contribution in [2.24, 2.45) is 23.5 Å². The highest BCUT2D eigenvalue weighted by molar-refractivity contribution is 5.95. The lowest BCUT2D eigenvalue weighted by Crippen LogP contribution is -2.46. The minimum atomic E-state index is 0. The molecule has 0 aromatic heterocycles. The second-order valence-electron chi connectivity index (χ2n) is 7.08. The molecule has 2 aliphatic rings. The van der Waals surface area contributed by atoms with Gasteiger partial charge in [0.25, 0.3) is 0 Å². The molecule has 2 bridgehead atoms. The number of rotatable bonds is 3. The van der Waals surface area contributed by atoms with Crippen molar-refractivity contribution in [2.45, 2.75) is 45.1 Å². The molecule has 122 valence electrons. The summed E-state index contributed by atoms with van der Waals surface area (Å²) in [6, 6.07) is 8.39. The molecule has 3 nitrogen and oxygen atoms in total. The fourth-order valence-electron chi connectivity index (χ4n) is 4.14. The smallest absolute Gasteiger partial charge is 0.231 e. The maximum absolute atomic E-state index is 12.8. The molecule has 2 aliphatic carbocycles. The van der Waals surface area contributed by atoms with E-state index in [4.69, 9.17) is 5.73 Å². The summed E-state index contributed by atoms with van der Waals surface area (Å²) < 4.78 is 0. The lowest BCUT2D eigenvalue weighted by molar-refractivity contribution is -0.124. The molecule has 0 aliphatic heterocycles. The fraction of sp³-hybridized carbons (Fsp3) is 0.611. The van der Waals surface area contributed by atoms with E-state index in [0.717, 1.165) is 12.1 Å². The second kappa shape index (κ2) is 6.59. The predicted octanol–water partition coefficient (Wildman–Crippen LogP) is 3.57. The maximum Gasteiger partial charge on any atom is 0.231 e. The maximum atomic E-state index is 12.8. The summed E-state index contributed by atoms with van der Waals surface area (Å²) in [6.45, 7) is 4.36. The Kier molecular flexibility index (Phi) is 5.18. The van der Waals surface area contributed by atoms with Gasteiger partial charge < -0.3 is 10.6 Å². The molecule has 3 rings (SSSR count). The highest BCUT2D eigenvalue weighted by Gasteiger charge is 2.49. The first-order valence-corrected chi connectivity index (χ1v) is 8.12.